The lowest BCUT2D eigenvalue weighted by Gasteiger charge is -2.13. The Hall–Kier alpha value is -3.13. The average molecular weight is 304 g/mol. The van der Waals surface area contributed by atoms with Gasteiger partial charge in [0.25, 0.3) is 5.91 Å². The number of allylic oxidation sites excluding steroid dienone is 2. The molecule has 1 amide bonds. The van der Waals surface area contributed by atoms with Crippen LogP contribution in [0.5, 0.6) is 0 Å². The predicted octanol–water partition coefficient (Wildman–Crippen LogP) is 2.17. The van der Waals surface area contributed by atoms with Crippen molar-refractivity contribution in [3.8, 4) is 6.07 Å². The Balaban J connectivity index is 1.67. The summed E-state index contributed by atoms with van der Waals surface area (Å²) in [4.78, 5) is 16.5. The minimum Gasteiger partial charge on any atom is -0.349 e. The van der Waals surface area contributed by atoms with Crippen molar-refractivity contribution >= 4 is 11.7 Å². The maximum absolute atomic E-state index is 12.2. The number of carbonyl (C=O) groups excluding carboxylic acids is 1. The molecule has 0 saturated carbocycles. The summed E-state index contributed by atoms with van der Waals surface area (Å²) in [5, 5.41) is 15.1. The van der Waals surface area contributed by atoms with Gasteiger partial charge in [-0.3, -0.25) is 4.79 Å². The number of hydrogen-bond donors (Lipinski definition) is 2. The molecule has 2 heterocycles. The molecule has 23 heavy (non-hydrogen) atoms. The molecule has 0 aromatic heterocycles. The van der Waals surface area contributed by atoms with Crippen LogP contribution in [0.15, 0.2) is 71.0 Å². The van der Waals surface area contributed by atoms with Gasteiger partial charge in [0.05, 0.1) is 0 Å². The van der Waals surface area contributed by atoms with Crippen LogP contribution in [0, 0.1) is 17.2 Å². The van der Waals surface area contributed by atoms with Crippen molar-refractivity contribution in [2.75, 3.05) is 0 Å². The van der Waals surface area contributed by atoms with E-state index in [2.05, 4.69) is 15.6 Å². The van der Waals surface area contributed by atoms with Crippen molar-refractivity contribution in [3.63, 3.8) is 0 Å². The highest BCUT2D eigenvalue weighted by molar-refractivity contribution is 5.99. The third-order valence-electron chi connectivity index (χ3n) is 3.78. The van der Waals surface area contributed by atoms with Gasteiger partial charge in [0.1, 0.15) is 17.5 Å². The quantitative estimate of drug-likeness (QED) is 0.661. The van der Waals surface area contributed by atoms with Crippen LogP contribution in [-0.2, 0) is 11.3 Å². The molecular weight excluding hydrogens is 288 g/mol. The molecule has 1 aromatic carbocycles. The van der Waals surface area contributed by atoms with Crippen molar-refractivity contribution < 1.29 is 4.79 Å². The van der Waals surface area contributed by atoms with Crippen molar-refractivity contribution in [1.82, 2.24) is 10.6 Å². The molecule has 1 atom stereocenters. The Labute approximate surface area is 134 Å². The molecule has 1 unspecified atom stereocenters. The van der Waals surface area contributed by atoms with Gasteiger partial charge in [0, 0.05) is 24.9 Å². The third-order valence-corrected chi connectivity index (χ3v) is 3.78. The molecule has 0 spiro atoms. The van der Waals surface area contributed by atoms with Crippen molar-refractivity contribution in [3.05, 3.63) is 71.6 Å². The van der Waals surface area contributed by atoms with Crippen LogP contribution in [0.3, 0.4) is 0 Å². The Kier molecular flexibility index (Phi) is 4.34. The van der Waals surface area contributed by atoms with Gasteiger partial charge in [-0.2, -0.15) is 5.26 Å². The summed E-state index contributed by atoms with van der Waals surface area (Å²) in [6, 6.07) is 11.6. The van der Waals surface area contributed by atoms with Crippen molar-refractivity contribution in [1.29, 1.82) is 5.26 Å². The van der Waals surface area contributed by atoms with E-state index < -0.39 is 0 Å². The minimum absolute atomic E-state index is 0.102. The number of benzene rings is 1. The molecule has 0 fully saturated rings. The van der Waals surface area contributed by atoms with Crippen LogP contribution < -0.4 is 10.6 Å². The number of aliphatic imine (C=N–C) groups is 1. The van der Waals surface area contributed by atoms with Crippen molar-refractivity contribution in [2.24, 2.45) is 10.9 Å². The topological polar surface area (TPSA) is 77.3 Å². The number of nitrogens with one attached hydrogen (secondary N) is 2. The number of amides is 1. The third kappa shape index (κ3) is 3.38. The molecular formula is C18H16N4O. The first-order valence-electron chi connectivity index (χ1n) is 7.41. The van der Waals surface area contributed by atoms with Gasteiger partial charge in [0.15, 0.2) is 0 Å². The van der Waals surface area contributed by atoms with Crippen LogP contribution in [0.25, 0.3) is 0 Å². The summed E-state index contributed by atoms with van der Waals surface area (Å²) in [6.45, 7) is 0.398. The Bertz CT molecular complexity index is 766. The first-order chi connectivity index (χ1) is 11.3. The second kappa shape index (κ2) is 6.75. The number of carbonyl (C=O) groups is 1. The normalized spacial score (nSPS) is 19.1. The summed E-state index contributed by atoms with van der Waals surface area (Å²) >= 11 is 0. The maximum atomic E-state index is 12.2. The molecule has 5 heteroatoms. The fraction of sp³-hybridized carbons (Fsp3) is 0.167. The number of rotatable bonds is 4. The summed E-state index contributed by atoms with van der Waals surface area (Å²) < 4.78 is 0. The van der Waals surface area contributed by atoms with Gasteiger partial charge in [-0.15, -0.1) is 0 Å². The number of hydrogen-bond acceptors (Lipinski definition) is 4. The van der Waals surface area contributed by atoms with E-state index in [0.717, 1.165) is 23.4 Å². The molecule has 5 nitrogen and oxygen atoms in total. The number of nitrogens with zero attached hydrogens (tertiary/aromatic N) is 2. The molecule has 1 aromatic rings. The second-order valence-corrected chi connectivity index (χ2v) is 5.31. The first-order valence-corrected chi connectivity index (χ1v) is 7.41. The lowest BCUT2D eigenvalue weighted by Crippen LogP contribution is -2.24. The zero-order valence-corrected chi connectivity index (χ0v) is 12.5. The van der Waals surface area contributed by atoms with Gasteiger partial charge < -0.3 is 10.6 Å². The number of fused-ring (bicyclic) bond motifs is 1. The van der Waals surface area contributed by atoms with Gasteiger partial charge in [0.2, 0.25) is 0 Å². The van der Waals surface area contributed by atoms with E-state index >= 15 is 0 Å². The smallest absolute Gasteiger partial charge is 0.262 e. The standard InChI is InChI=1S/C18H16N4O/c19-10-14(18(23)22-11-13-5-2-1-3-6-13)9-15-12-21-17-16(15)7-4-8-20-17/h1-6,8-9,12,16H,7,11H2,(H,20,21)(H,22,23)/b14-9+. The van der Waals surface area contributed by atoms with Crippen LogP contribution in [-0.4, -0.2) is 11.7 Å². The Morgan fingerprint density at radius 3 is 3.04 bits per heavy atom. The maximum Gasteiger partial charge on any atom is 0.262 e. The van der Waals surface area contributed by atoms with Gasteiger partial charge in [-0.05, 0) is 23.6 Å². The predicted molar refractivity (Wildman–Crippen MR) is 87.9 cm³/mol. The fourth-order valence-corrected chi connectivity index (χ4v) is 2.55. The zero-order valence-electron chi connectivity index (χ0n) is 12.5. The molecule has 3 rings (SSSR count). The van der Waals surface area contributed by atoms with E-state index in [1.165, 1.54) is 0 Å². The Morgan fingerprint density at radius 1 is 1.43 bits per heavy atom. The molecule has 0 radical (unpaired) electrons. The van der Waals surface area contributed by atoms with Gasteiger partial charge in [-0.1, -0.05) is 36.4 Å². The van der Waals surface area contributed by atoms with Gasteiger partial charge in [-0.25, -0.2) is 4.99 Å². The fourth-order valence-electron chi connectivity index (χ4n) is 2.55. The molecule has 0 saturated heterocycles. The first kappa shape index (κ1) is 14.8. The van der Waals surface area contributed by atoms with E-state index in [1.54, 1.807) is 18.5 Å². The van der Waals surface area contributed by atoms with Gasteiger partial charge >= 0.3 is 0 Å². The van der Waals surface area contributed by atoms with Crippen LogP contribution in [0.1, 0.15) is 12.0 Å². The monoisotopic (exact) mass is 304 g/mol. The van der Waals surface area contributed by atoms with Crippen LogP contribution in [0.2, 0.25) is 0 Å². The Morgan fingerprint density at radius 2 is 2.26 bits per heavy atom. The lowest BCUT2D eigenvalue weighted by molar-refractivity contribution is -0.117. The van der Waals surface area contributed by atoms with Crippen LogP contribution in [0.4, 0.5) is 0 Å². The number of nitriles is 1. The lowest BCUT2D eigenvalue weighted by atomic mass is 9.94. The van der Waals surface area contributed by atoms with E-state index in [9.17, 15) is 10.1 Å². The highest BCUT2D eigenvalue weighted by atomic mass is 16.1. The van der Waals surface area contributed by atoms with Crippen molar-refractivity contribution in [2.45, 2.75) is 13.0 Å². The molecule has 0 bridgehead atoms. The highest BCUT2D eigenvalue weighted by Crippen LogP contribution is 2.26. The van der Waals surface area contributed by atoms with Crippen LogP contribution >= 0.6 is 0 Å². The van der Waals surface area contributed by atoms with E-state index in [1.807, 2.05) is 42.5 Å². The zero-order chi connectivity index (χ0) is 16.1. The molecule has 2 aliphatic heterocycles. The second-order valence-electron chi connectivity index (χ2n) is 5.31. The number of amidine groups is 1. The highest BCUT2D eigenvalue weighted by Gasteiger charge is 2.25. The summed E-state index contributed by atoms with van der Waals surface area (Å²) in [5.41, 5.74) is 2.00. The van der Waals surface area contributed by atoms with E-state index in [-0.39, 0.29) is 17.4 Å². The average Bonchev–Trinajstić information content (AvgIpc) is 3.01. The molecule has 2 aliphatic rings. The van der Waals surface area contributed by atoms with E-state index in [0.29, 0.717) is 6.54 Å². The molecule has 2 N–H and O–H groups in total. The molecule has 0 aliphatic carbocycles. The largest absolute Gasteiger partial charge is 0.349 e. The SMILES string of the molecule is N#C/C(=C\C1=CNC2=NC=CCC12)C(=O)NCc1ccccc1. The summed E-state index contributed by atoms with van der Waals surface area (Å²) in [5.74, 6) is 0.597. The summed E-state index contributed by atoms with van der Waals surface area (Å²) in [6.07, 6.45) is 8.00. The summed E-state index contributed by atoms with van der Waals surface area (Å²) in [7, 11) is 0. The van der Waals surface area contributed by atoms with E-state index in [4.69, 9.17) is 0 Å². The molecule has 114 valence electrons. The minimum atomic E-state index is -0.367.